The minimum Gasteiger partial charge on any atom is -0.442 e. The first-order valence-corrected chi connectivity index (χ1v) is 20.3. The molecule has 0 spiro atoms. The molecule has 0 saturated carbocycles. The molecule has 0 aromatic carbocycles. The summed E-state index contributed by atoms with van der Waals surface area (Å²) in [5.74, 6) is 0.573. The number of rotatable bonds is 15. The minimum atomic E-state index is -2.24. The molecule has 0 aliphatic rings. The van der Waals surface area contributed by atoms with Gasteiger partial charge in [0.05, 0.1) is 13.2 Å². The molecule has 0 radical (unpaired) electrons. The average molecular weight is 427 g/mol. The molecule has 0 fully saturated rings. The summed E-state index contributed by atoms with van der Waals surface area (Å²) in [6, 6.07) is 0.954. The molecule has 0 aliphatic heterocycles. The van der Waals surface area contributed by atoms with Gasteiger partial charge in [0.25, 0.3) is 0 Å². The van der Waals surface area contributed by atoms with Crippen LogP contribution in [0, 0.1) is 5.92 Å². The van der Waals surface area contributed by atoms with Gasteiger partial charge in [-0.15, -0.1) is 0 Å². The van der Waals surface area contributed by atoms with Gasteiger partial charge in [0.2, 0.25) is 0 Å². The van der Waals surface area contributed by atoms with Gasteiger partial charge >= 0.3 is 17.1 Å². The normalized spacial score (nSPS) is 16.1. The van der Waals surface area contributed by atoms with Gasteiger partial charge in [0, 0.05) is 13.2 Å². The summed E-state index contributed by atoms with van der Waals surface area (Å²) < 4.78 is 30.3. The Hall–Kier alpha value is 0.668. The maximum atomic E-state index is 6.54. The van der Waals surface area contributed by atoms with Crippen molar-refractivity contribution < 1.29 is 21.8 Å². The van der Waals surface area contributed by atoms with E-state index in [1.807, 2.05) is 0 Å². The molecule has 152 valence electrons. The van der Waals surface area contributed by atoms with Crippen molar-refractivity contribution in [2.45, 2.75) is 72.1 Å². The molecule has 9 heteroatoms. The van der Waals surface area contributed by atoms with Crippen molar-refractivity contribution in [2.24, 2.45) is 5.92 Å². The maximum absolute atomic E-state index is 6.54. The van der Waals surface area contributed by atoms with Gasteiger partial charge in [-0.25, -0.2) is 0 Å². The zero-order chi connectivity index (χ0) is 19.6. The van der Waals surface area contributed by atoms with Crippen LogP contribution in [0.25, 0.3) is 0 Å². The summed E-state index contributed by atoms with van der Waals surface area (Å²) in [5, 5.41) is 0. The van der Waals surface area contributed by atoms with E-state index in [0.29, 0.717) is 19.1 Å². The van der Waals surface area contributed by atoms with Gasteiger partial charge in [0.1, 0.15) is 9.76 Å². The quantitative estimate of drug-likeness (QED) is 0.294. The van der Waals surface area contributed by atoms with Crippen LogP contribution >= 0.6 is 0 Å². The fourth-order valence-corrected chi connectivity index (χ4v) is 17.7. The Morgan fingerprint density at radius 3 is 1.96 bits per heavy atom. The largest absolute Gasteiger partial charge is 0.442 e. The first-order chi connectivity index (χ1) is 11.4. The Morgan fingerprint density at radius 2 is 1.44 bits per heavy atom. The molecule has 0 aromatic heterocycles. The summed E-state index contributed by atoms with van der Waals surface area (Å²) in [4.78, 5) is 0. The highest BCUT2D eigenvalue weighted by Crippen LogP contribution is 2.25. The van der Waals surface area contributed by atoms with E-state index in [9.17, 15) is 0 Å². The van der Waals surface area contributed by atoms with E-state index < -0.39 is 35.2 Å². The lowest BCUT2D eigenvalue weighted by Crippen LogP contribution is -2.54. The lowest BCUT2D eigenvalue weighted by Gasteiger charge is -2.39. The zero-order valence-electron chi connectivity index (χ0n) is 18.1. The average Bonchev–Trinajstić information content (AvgIpc) is 2.38. The maximum Gasteiger partial charge on any atom is 0.315 e. The van der Waals surface area contributed by atoms with E-state index in [1.54, 1.807) is 0 Å². The molecule has 5 nitrogen and oxygen atoms in total. The summed E-state index contributed by atoms with van der Waals surface area (Å²) in [6.07, 6.45) is 0.964. The second-order valence-electron chi connectivity index (χ2n) is 8.47. The van der Waals surface area contributed by atoms with E-state index in [0.717, 1.165) is 25.7 Å². The van der Waals surface area contributed by atoms with Crippen LogP contribution in [0.2, 0.25) is 51.9 Å². The summed E-state index contributed by atoms with van der Waals surface area (Å²) >= 11 is 0. The topological polar surface area (TPSA) is 46.2 Å². The Bertz CT molecular complexity index is 350. The van der Waals surface area contributed by atoms with E-state index in [-0.39, 0.29) is 0 Å². The second kappa shape index (κ2) is 12.2. The third-order valence-corrected chi connectivity index (χ3v) is 16.3. The van der Waals surface area contributed by atoms with Crippen LogP contribution in [0.15, 0.2) is 0 Å². The lowest BCUT2D eigenvalue weighted by atomic mass is 10.2. The predicted octanol–water partition coefficient (Wildman–Crippen LogP) is 3.86. The zero-order valence-corrected chi connectivity index (χ0v) is 22.5. The van der Waals surface area contributed by atoms with Crippen LogP contribution in [0.3, 0.4) is 0 Å². The van der Waals surface area contributed by atoms with Gasteiger partial charge in [-0.05, 0) is 57.7 Å². The van der Waals surface area contributed by atoms with E-state index in [1.165, 1.54) is 0 Å². The highest BCUT2D eigenvalue weighted by atomic mass is 28.5. The molecule has 0 saturated heterocycles. The second-order valence-corrected chi connectivity index (χ2v) is 21.6. The van der Waals surface area contributed by atoms with Crippen molar-refractivity contribution in [1.82, 2.24) is 0 Å². The van der Waals surface area contributed by atoms with Crippen molar-refractivity contribution in [1.29, 1.82) is 0 Å². The standard InChI is InChI=1S/C16H42O5Si4/c1-16(2)15-18-13-12-17-11-10-14-25(9,20-23(4,5)6)21-24(7,8)19-22-3/h16H,10-15,22H2,1-9H3. The number of hydrogen-bond donors (Lipinski definition) is 0. The van der Waals surface area contributed by atoms with Crippen LogP contribution in [-0.4, -0.2) is 61.6 Å². The fourth-order valence-electron chi connectivity index (χ4n) is 2.70. The third kappa shape index (κ3) is 15.4. The van der Waals surface area contributed by atoms with Crippen LogP contribution in [0.4, 0.5) is 0 Å². The number of hydrogen-bond acceptors (Lipinski definition) is 5. The molecule has 0 amide bonds. The van der Waals surface area contributed by atoms with Crippen molar-refractivity contribution in [3.63, 3.8) is 0 Å². The highest BCUT2D eigenvalue weighted by molar-refractivity contribution is 6.87. The van der Waals surface area contributed by atoms with Gasteiger partial charge < -0.3 is 21.8 Å². The minimum absolute atomic E-state index is 0.466. The number of ether oxygens (including phenoxy) is 2. The third-order valence-electron chi connectivity index (χ3n) is 3.22. The van der Waals surface area contributed by atoms with Crippen molar-refractivity contribution in [3.8, 4) is 0 Å². The fraction of sp³-hybridized carbons (Fsp3) is 1.00. The Kier molecular flexibility index (Phi) is 12.5. The molecule has 1 unspecified atom stereocenters. The van der Waals surface area contributed by atoms with Crippen molar-refractivity contribution in [3.05, 3.63) is 0 Å². The molecule has 0 heterocycles. The van der Waals surface area contributed by atoms with Crippen molar-refractivity contribution in [2.75, 3.05) is 26.4 Å². The van der Waals surface area contributed by atoms with Crippen LogP contribution in [0.5, 0.6) is 0 Å². The monoisotopic (exact) mass is 426 g/mol. The highest BCUT2D eigenvalue weighted by Gasteiger charge is 2.42. The van der Waals surface area contributed by atoms with E-state index in [4.69, 9.17) is 21.8 Å². The summed E-state index contributed by atoms with van der Waals surface area (Å²) in [5.41, 5.74) is 0. The van der Waals surface area contributed by atoms with Crippen molar-refractivity contribution >= 4 is 35.2 Å². The molecule has 1 atom stereocenters. The molecular weight excluding hydrogens is 385 g/mol. The molecular formula is C16H42O5Si4. The lowest BCUT2D eigenvalue weighted by molar-refractivity contribution is 0.0376. The smallest absolute Gasteiger partial charge is 0.315 e. The Morgan fingerprint density at radius 1 is 0.840 bits per heavy atom. The first-order valence-electron chi connectivity index (χ1n) is 9.59. The SMILES string of the molecule is C[SiH2]O[Si](C)(C)O[Si](C)(CCCOCCOCC(C)C)O[Si](C)(C)C. The van der Waals surface area contributed by atoms with Gasteiger partial charge in [-0.1, -0.05) is 20.4 Å². The molecule has 25 heavy (non-hydrogen) atoms. The van der Waals surface area contributed by atoms with Crippen LogP contribution in [0.1, 0.15) is 20.3 Å². The van der Waals surface area contributed by atoms with Gasteiger partial charge in [-0.3, -0.25) is 0 Å². The summed E-state index contributed by atoms with van der Waals surface area (Å²) in [7, 11) is -6.44. The van der Waals surface area contributed by atoms with Crippen LogP contribution in [-0.2, 0) is 21.8 Å². The molecule has 0 N–H and O–H groups in total. The van der Waals surface area contributed by atoms with Gasteiger partial charge in [-0.2, -0.15) is 0 Å². The molecule has 0 bridgehead atoms. The molecule has 0 aromatic rings. The molecule has 0 aliphatic carbocycles. The molecule has 0 rings (SSSR count). The van der Waals surface area contributed by atoms with Gasteiger partial charge in [0.15, 0.2) is 8.32 Å². The predicted molar refractivity (Wildman–Crippen MR) is 116 cm³/mol. The van der Waals surface area contributed by atoms with E-state index >= 15 is 0 Å². The Labute approximate surface area is 161 Å². The first kappa shape index (κ1) is 25.7. The van der Waals surface area contributed by atoms with E-state index in [2.05, 4.69) is 59.7 Å². The summed E-state index contributed by atoms with van der Waals surface area (Å²) in [6.45, 7) is 22.5. The Balaban J connectivity index is 4.32. The van der Waals surface area contributed by atoms with Crippen LogP contribution < -0.4 is 0 Å².